The molecule has 0 radical (unpaired) electrons. The largest absolute Gasteiger partial charge is 0.382 e. The molecular weight excluding hydrogens is 238 g/mol. The molecule has 2 heteroatoms. The molecule has 0 bridgehead atoms. The van der Waals surface area contributed by atoms with E-state index in [1.165, 1.54) is 49.1 Å². The molecular formula is C16H23NS. The Morgan fingerprint density at radius 2 is 1.72 bits per heavy atom. The average Bonchev–Trinajstić information content (AvgIpc) is 2.82. The Morgan fingerprint density at radius 3 is 2.33 bits per heavy atom. The summed E-state index contributed by atoms with van der Waals surface area (Å²) < 4.78 is 0. The fourth-order valence-electron chi connectivity index (χ4n) is 3.08. The Morgan fingerprint density at radius 1 is 1.06 bits per heavy atom. The highest BCUT2D eigenvalue weighted by molar-refractivity contribution is 8.00. The van der Waals surface area contributed by atoms with Crippen LogP contribution in [0.1, 0.15) is 45.4 Å². The van der Waals surface area contributed by atoms with Gasteiger partial charge in [-0.25, -0.2) is 0 Å². The molecule has 18 heavy (non-hydrogen) atoms. The predicted octanol–water partition coefficient (Wildman–Crippen LogP) is 4.93. The second-order valence-electron chi connectivity index (χ2n) is 5.97. The summed E-state index contributed by atoms with van der Waals surface area (Å²) in [6, 6.07) is 9.79. The summed E-state index contributed by atoms with van der Waals surface area (Å²) >= 11 is 2.07. The SMILES string of the molecule is CC1CC(Nc2ccc(SC3CCCC3)cc2)C1. The second-order valence-corrected chi connectivity index (χ2v) is 7.34. The van der Waals surface area contributed by atoms with Gasteiger partial charge in [0.05, 0.1) is 0 Å². The molecule has 2 aliphatic carbocycles. The molecule has 0 atom stereocenters. The van der Waals surface area contributed by atoms with Gasteiger partial charge >= 0.3 is 0 Å². The molecule has 0 spiro atoms. The van der Waals surface area contributed by atoms with Gasteiger partial charge in [-0.3, -0.25) is 0 Å². The number of benzene rings is 1. The van der Waals surface area contributed by atoms with E-state index in [-0.39, 0.29) is 0 Å². The van der Waals surface area contributed by atoms with Crippen LogP contribution in [0.3, 0.4) is 0 Å². The monoisotopic (exact) mass is 261 g/mol. The van der Waals surface area contributed by atoms with Crippen molar-refractivity contribution >= 4 is 17.4 Å². The summed E-state index contributed by atoms with van der Waals surface area (Å²) in [5, 5.41) is 4.49. The Kier molecular flexibility index (Phi) is 3.83. The molecule has 0 saturated heterocycles. The van der Waals surface area contributed by atoms with Gasteiger partial charge in [0.15, 0.2) is 0 Å². The zero-order valence-electron chi connectivity index (χ0n) is 11.2. The number of hydrogen-bond acceptors (Lipinski definition) is 2. The van der Waals surface area contributed by atoms with Crippen LogP contribution < -0.4 is 5.32 Å². The fraction of sp³-hybridized carbons (Fsp3) is 0.625. The third kappa shape index (κ3) is 3.03. The van der Waals surface area contributed by atoms with Gasteiger partial charge in [-0.15, -0.1) is 11.8 Å². The van der Waals surface area contributed by atoms with Gasteiger partial charge < -0.3 is 5.32 Å². The first-order chi connectivity index (χ1) is 8.79. The summed E-state index contributed by atoms with van der Waals surface area (Å²) in [4.78, 5) is 1.44. The molecule has 2 aliphatic rings. The molecule has 0 aromatic heterocycles. The van der Waals surface area contributed by atoms with Crippen LogP contribution in [0, 0.1) is 5.92 Å². The molecule has 98 valence electrons. The minimum Gasteiger partial charge on any atom is -0.382 e. The molecule has 0 aliphatic heterocycles. The molecule has 0 unspecified atom stereocenters. The van der Waals surface area contributed by atoms with E-state index >= 15 is 0 Å². The van der Waals surface area contributed by atoms with Crippen molar-refractivity contribution in [3.05, 3.63) is 24.3 Å². The van der Waals surface area contributed by atoms with Crippen LogP contribution in [0.15, 0.2) is 29.2 Å². The van der Waals surface area contributed by atoms with E-state index in [1.807, 2.05) is 0 Å². The van der Waals surface area contributed by atoms with Crippen molar-refractivity contribution in [1.29, 1.82) is 0 Å². The van der Waals surface area contributed by atoms with E-state index in [0.29, 0.717) is 6.04 Å². The Balaban J connectivity index is 1.52. The summed E-state index contributed by atoms with van der Waals surface area (Å²) in [6.45, 7) is 2.33. The number of anilines is 1. The van der Waals surface area contributed by atoms with Crippen LogP contribution in [0.5, 0.6) is 0 Å². The van der Waals surface area contributed by atoms with Crippen LogP contribution >= 0.6 is 11.8 Å². The summed E-state index contributed by atoms with van der Waals surface area (Å²) in [5.41, 5.74) is 1.29. The smallest absolute Gasteiger partial charge is 0.0343 e. The molecule has 1 N–H and O–H groups in total. The van der Waals surface area contributed by atoms with Crippen molar-refractivity contribution < 1.29 is 0 Å². The van der Waals surface area contributed by atoms with Gasteiger partial charge in [-0.2, -0.15) is 0 Å². The summed E-state index contributed by atoms with van der Waals surface area (Å²) in [7, 11) is 0. The first-order valence-electron chi connectivity index (χ1n) is 7.33. The van der Waals surface area contributed by atoms with Crippen LogP contribution in [0.25, 0.3) is 0 Å². The third-order valence-corrected chi connectivity index (χ3v) is 5.55. The van der Waals surface area contributed by atoms with E-state index in [9.17, 15) is 0 Å². The average molecular weight is 261 g/mol. The van der Waals surface area contributed by atoms with Gasteiger partial charge in [-0.1, -0.05) is 19.8 Å². The quantitative estimate of drug-likeness (QED) is 0.824. The minimum atomic E-state index is 0.716. The molecule has 1 aromatic carbocycles. The molecule has 0 amide bonds. The number of thioether (sulfide) groups is 1. The fourth-order valence-corrected chi connectivity index (χ4v) is 4.33. The molecule has 1 aromatic rings. The zero-order valence-corrected chi connectivity index (χ0v) is 12.0. The van der Waals surface area contributed by atoms with E-state index < -0.39 is 0 Å². The summed E-state index contributed by atoms with van der Waals surface area (Å²) in [5.74, 6) is 0.916. The highest BCUT2D eigenvalue weighted by Crippen LogP contribution is 2.35. The number of nitrogens with one attached hydrogen (secondary N) is 1. The lowest BCUT2D eigenvalue weighted by Gasteiger charge is -2.34. The van der Waals surface area contributed by atoms with Crippen LogP contribution in [0.2, 0.25) is 0 Å². The van der Waals surface area contributed by atoms with Crippen molar-refractivity contribution in [2.45, 2.75) is 61.6 Å². The van der Waals surface area contributed by atoms with Crippen molar-refractivity contribution in [3.8, 4) is 0 Å². The number of hydrogen-bond donors (Lipinski definition) is 1. The highest BCUT2D eigenvalue weighted by atomic mass is 32.2. The van der Waals surface area contributed by atoms with Gasteiger partial charge in [0.2, 0.25) is 0 Å². The van der Waals surface area contributed by atoms with Gasteiger partial charge in [0, 0.05) is 21.9 Å². The highest BCUT2D eigenvalue weighted by Gasteiger charge is 2.24. The first kappa shape index (κ1) is 12.4. The van der Waals surface area contributed by atoms with E-state index in [0.717, 1.165) is 11.2 Å². The number of rotatable bonds is 4. The van der Waals surface area contributed by atoms with Gasteiger partial charge in [-0.05, 0) is 55.9 Å². The van der Waals surface area contributed by atoms with E-state index in [4.69, 9.17) is 0 Å². The molecule has 0 heterocycles. The van der Waals surface area contributed by atoms with E-state index in [2.05, 4.69) is 48.3 Å². The summed E-state index contributed by atoms with van der Waals surface area (Å²) in [6.07, 6.45) is 8.33. The van der Waals surface area contributed by atoms with Crippen LogP contribution in [-0.4, -0.2) is 11.3 Å². The standard InChI is InChI=1S/C16H23NS/c1-12-10-14(11-12)17-13-6-8-16(9-7-13)18-15-4-2-3-5-15/h6-9,12,14-15,17H,2-5,10-11H2,1H3. The molecule has 1 nitrogen and oxygen atoms in total. The Hall–Kier alpha value is -0.630. The maximum absolute atomic E-state index is 3.62. The minimum absolute atomic E-state index is 0.716. The Labute approximate surface area is 115 Å². The molecule has 2 saturated carbocycles. The predicted molar refractivity (Wildman–Crippen MR) is 80.4 cm³/mol. The normalized spacial score (nSPS) is 28.1. The zero-order chi connectivity index (χ0) is 12.4. The van der Waals surface area contributed by atoms with E-state index in [1.54, 1.807) is 0 Å². The second kappa shape index (κ2) is 5.56. The maximum Gasteiger partial charge on any atom is 0.0343 e. The third-order valence-electron chi connectivity index (χ3n) is 4.20. The van der Waals surface area contributed by atoms with Crippen molar-refractivity contribution in [2.24, 2.45) is 5.92 Å². The Bertz CT molecular complexity index is 375. The lowest BCUT2D eigenvalue weighted by atomic mass is 9.82. The van der Waals surface area contributed by atoms with Crippen LogP contribution in [0.4, 0.5) is 5.69 Å². The molecule has 2 fully saturated rings. The lowest BCUT2D eigenvalue weighted by Crippen LogP contribution is -2.33. The van der Waals surface area contributed by atoms with Crippen molar-refractivity contribution in [2.75, 3.05) is 5.32 Å². The maximum atomic E-state index is 3.62. The van der Waals surface area contributed by atoms with Crippen LogP contribution in [-0.2, 0) is 0 Å². The topological polar surface area (TPSA) is 12.0 Å². The first-order valence-corrected chi connectivity index (χ1v) is 8.21. The van der Waals surface area contributed by atoms with Gasteiger partial charge in [0.25, 0.3) is 0 Å². The molecule has 3 rings (SSSR count). The van der Waals surface area contributed by atoms with Gasteiger partial charge in [0.1, 0.15) is 0 Å². The lowest BCUT2D eigenvalue weighted by molar-refractivity contribution is 0.309. The van der Waals surface area contributed by atoms with Crippen molar-refractivity contribution in [1.82, 2.24) is 0 Å². The van der Waals surface area contributed by atoms with Crippen molar-refractivity contribution in [3.63, 3.8) is 0 Å².